The lowest BCUT2D eigenvalue weighted by Crippen LogP contribution is -1.91. The van der Waals surface area contributed by atoms with Crippen molar-refractivity contribution in [3.63, 3.8) is 0 Å². The Morgan fingerprint density at radius 3 is 1.57 bits per heavy atom. The summed E-state index contributed by atoms with van der Waals surface area (Å²) in [5.74, 6) is 0.727. The predicted octanol–water partition coefficient (Wildman–Crippen LogP) is 5.61. The summed E-state index contributed by atoms with van der Waals surface area (Å²) in [6.07, 6.45) is 2.95. The highest BCUT2D eigenvalue weighted by Gasteiger charge is 1.98. The molecule has 0 radical (unpaired) electrons. The Labute approximate surface area is 92.1 Å². The smallest absolute Gasteiger partial charge is 0.0260 e. The molecular weight excluding hydrogens is 168 g/mol. The van der Waals surface area contributed by atoms with Crippen molar-refractivity contribution in [1.82, 2.24) is 0 Å². The molecule has 0 saturated carbocycles. The molecule has 0 aliphatic heterocycles. The van der Waals surface area contributed by atoms with Gasteiger partial charge >= 0.3 is 0 Å². The zero-order valence-corrected chi connectivity index (χ0v) is 11.6. The molecule has 14 heavy (non-hydrogen) atoms. The van der Waals surface area contributed by atoms with Crippen LogP contribution in [0.4, 0.5) is 0 Å². The lowest BCUT2D eigenvalue weighted by atomic mass is 9.99. The largest absolute Gasteiger partial charge is 0.103 e. The number of allylic oxidation sites excluding steroid dienone is 3. The van der Waals surface area contributed by atoms with E-state index in [1.807, 2.05) is 20.8 Å². The van der Waals surface area contributed by atoms with E-state index in [4.69, 9.17) is 0 Å². The van der Waals surface area contributed by atoms with Gasteiger partial charge in [0.05, 0.1) is 0 Å². The van der Waals surface area contributed by atoms with E-state index in [2.05, 4.69) is 41.2 Å². The van der Waals surface area contributed by atoms with Gasteiger partial charge in [-0.25, -0.2) is 0 Å². The topological polar surface area (TPSA) is 0 Å². The van der Waals surface area contributed by atoms with Crippen LogP contribution in [0.1, 0.15) is 61.8 Å². The average Bonchev–Trinajstić information content (AvgIpc) is 2.19. The zero-order valence-electron chi connectivity index (χ0n) is 11.6. The normalized spacial score (nSPS) is 10.4. The first-order chi connectivity index (χ1) is 6.51. The first kappa shape index (κ1) is 19.1. The van der Waals surface area contributed by atoms with E-state index >= 15 is 0 Å². The third kappa shape index (κ3) is 14.0. The molecule has 0 fully saturated rings. The SMILES string of the molecule is C=CC.CC.CC/C(C)=C(/C)C(C)C. The second-order valence-electron chi connectivity index (χ2n) is 3.38. The Morgan fingerprint density at radius 2 is 1.50 bits per heavy atom. The minimum atomic E-state index is 0.727. The second kappa shape index (κ2) is 15.0. The summed E-state index contributed by atoms with van der Waals surface area (Å²) in [4.78, 5) is 0. The minimum Gasteiger partial charge on any atom is -0.103 e. The van der Waals surface area contributed by atoms with Gasteiger partial charge in [0, 0.05) is 0 Å². The van der Waals surface area contributed by atoms with Crippen molar-refractivity contribution in [2.24, 2.45) is 5.92 Å². The molecule has 0 aliphatic carbocycles. The van der Waals surface area contributed by atoms with Crippen molar-refractivity contribution in [1.29, 1.82) is 0 Å². The molecule has 0 N–H and O–H groups in total. The average molecular weight is 198 g/mol. The molecule has 0 amide bonds. The fourth-order valence-electron chi connectivity index (χ4n) is 0.772. The van der Waals surface area contributed by atoms with Crippen LogP contribution in [0, 0.1) is 5.92 Å². The summed E-state index contributed by atoms with van der Waals surface area (Å²) in [5.41, 5.74) is 3.10. The zero-order chi connectivity index (χ0) is 12.1. The lowest BCUT2D eigenvalue weighted by Gasteiger charge is -2.08. The molecule has 0 heteroatoms. The highest BCUT2D eigenvalue weighted by atomic mass is 14.0. The monoisotopic (exact) mass is 198 g/mol. The third-order valence-electron chi connectivity index (χ3n) is 2.07. The van der Waals surface area contributed by atoms with Gasteiger partial charge in [-0.15, -0.1) is 6.58 Å². The fourth-order valence-corrected chi connectivity index (χ4v) is 0.772. The van der Waals surface area contributed by atoms with Gasteiger partial charge in [-0.3, -0.25) is 0 Å². The summed E-state index contributed by atoms with van der Waals surface area (Å²) in [6.45, 7) is 20.4. The van der Waals surface area contributed by atoms with E-state index in [1.165, 1.54) is 6.42 Å². The highest BCUT2D eigenvalue weighted by molar-refractivity contribution is 5.10. The predicted molar refractivity (Wildman–Crippen MR) is 70.7 cm³/mol. The third-order valence-corrected chi connectivity index (χ3v) is 2.07. The maximum Gasteiger partial charge on any atom is -0.0260 e. The minimum absolute atomic E-state index is 0.727. The van der Waals surface area contributed by atoms with Gasteiger partial charge in [0.2, 0.25) is 0 Å². The molecule has 86 valence electrons. The van der Waals surface area contributed by atoms with E-state index in [-0.39, 0.29) is 0 Å². The van der Waals surface area contributed by atoms with Crippen molar-refractivity contribution < 1.29 is 0 Å². The Morgan fingerprint density at radius 1 is 1.21 bits per heavy atom. The van der Waals surface area contributed by atoms with Crippen LogP contribution >= 0.6 is 0 Å². The van der Waals surface area contributed by atoms with Crippen LogP contribution in [0.3, 0.4) is 0 Å². The number of rotatable bonds is 2. The van der Waals surface area contributed by atoms with Gasteiger partial charge in [0.15, 0.2) is 0 Å². The molecule has 0 bridgehead atoms. The summed E-state index contributed by atoms with van der Waals surface area (Å²) in [5, 5.41) is 0. The van der Waals surface area contributed by atoms with Crippen LogP contribution in [0.5, 0.6) is 0 Å². The van der Waals surface area contributed by atoms with Crippen LogP contribution in [-0.2, 0) is 0 Å². The molecule has 0 aromatic carbocycles. The van der Waals surface area contributed by atoms with Gasteiger partial charge in [-0.2, -0.15) is 0 Å². The van der Waals surface area contributed by atoms with Gasteiger partial charge in [0.1, 0.15) is 0 Å². The van der Waals surface area contributed by atoms with Crippen molar-refractivity contribution in [2.75, 3.05) is 0 Å². The van der Waals surface area contributed by atoms with Crippen LogP contribution in [0.25, 0.3) is 0 Å². The van der Waals surface area contributed by atoms with E-state index in [9.17, 15) is 0 Å². The Kier molecular flexibility index (Phi) is 20.4. The van der Waals surface area contributed by atoms with Crippen LogP contribution < -0.4 is 0 Å². The quantitative estimate of drug-likeness (QED) is 0.506. The summed E-state index contributed by atoms with van der Waals surface area (Å²) in [6, 6.07) is 0. The standard InChI is InChI=1S/C9H18.C3H6.C2H6/c1-6-8(4)9(5)7(2)3;1-3-2;1-2/h7H,6H2,1-5H3;3H,1H2,2H3;1-2H3/b9-8-;;. The summed E-state index contributed by atoms with van der Waals surface area (Å²) >= 11 is 0. The molecule has 0 atom stereocenters. The molecule has 0 unspecified atom stereocenters. The summed E-state index contributed by atoms with van der Waals surface area (Å²) < 4.78 is 0. The molecular formula is C14H30. The Balaban J connectivity index is -0.000000205. The van der Waals surface area contributed by atoms with Gasteiger partial charge in [-0.05, 0) is 33.1 Å². The van der Waals surface area contributed by atoms with Crippen LogP contribution in [0.15, 0.2) is 23.8 Å². The second-order valence-corrected chi connectivity index (χ2v) is 3.38. The first-order valence-electron chi connectivity index (χ1n) is 5.74. The van der Waals surface area contributed by atoms with Crippen molar-refractivity contribution in [3.05, 3.63) is 23.8 Å². The first-order valence-corrected chi connectivity index (χ1v) is 5.74. The van der Waals surface area contributed by atoms with E-state index < -0.39 is 0 Å². The number of hydrogen-bond donors (Lipinski definition) is 0. The Bertz CT molecular complexity index is 138. The van der Waals surface area contributed by atoms with Crippen LogP contribution in [0.2, 0.25) is 0 Å². The molecule has 0 aliphatic rings. The fraction of sp³-hybridized carbons (Fsp3) is 0.714. The molecule has 0 spiro atoms. The lowest BCUT2D eigenvalue weighted by molar-refractivity contribution is 0.748. The Hall–Kier alpha value is -0.520. The van der Waals surface area contributed by atoms with Crippen molar-refractivity contribution in [2.45, 2.75) is 61.8 Å². The van der Waals surface area contributed by atoms with E-state index in [0.717, 1.165) is 5.92 Å². The molecule has 0 saturated heterocycles. The maximum atomic E-state index is 3.36. The van der Waals surface area contributed by atoms with E-state index in [1.54, 1.807) is 17.2 Å². The molecule has 0 aromatic heterocycles. The number of hydrogen-bond acceptors (Lipinski definition) is 0. The van der Waals surface area contributed by atoms with Crippen molar-refractivity contribution in [3.8, 4) is 0 Å². The maximum absolute atomic E-state index is 3.36. The van der Waals surface area contributed by atoms with Crippen molar-refractivity contribution >= 4 is 0 Å². The molecule has 0 rings (SSSR count). The highest BCUT2D eigenvalue weighted by Crippen LogP contribution is 2.15. The van der Waals surface area contributed by atoms with E-state index in [0.29, 0.717) is 0 Å². The van der Waals surface area contributed by atoms with Gasteiger partial charge in [-0.1, -0.05) is 51.8 Å². The molecule has 0 heterocycles. The molecule has 0 aromatic rings. The molecule has 0 nitrogen and oxygen atoms in total. The van der Waals surface area contributed by atoms with Crippen LogP contribution in [-0.4, -0.2) is 0 Å². The van der Waals surface area contributed by atoms with Gasteiger partial charge < -0.3 is 0 Å². The van der Waals surface area contributed by atoms with Gasteiger partial charge in [0.25, 0.3) is 0 Å². The summed E-state index contributed by atoms with van der Waals surface area (Å²) in [7, 11) is 0.